The van der Waals surface area contributed by atoms with Crippen molar-refractivity contribution in [2.75, 3.05) is 0 Å². The lowest BCUT2D eigenvalue weighted by molar-refractivity contribution is -0.0173. The Kier molecular flexibility index (Phi) is 8.30. The maximum Gasteiger partial charge on any atom is 0.0592 e. The molecule has 1 fully saturated rings. The van der Waals surface area contributed by atoms with Crippen molar-refractivity contribution in [3.63, 3.8) is 0 Å². The molecule has 0 aromatic carbocycles. The van der Waals surface area contributed by atoms with Crippen LogP contribution in [0.3, 0.4) is 0 Å². The second-order valence-electron chi connectivity index (χ2n) is 5.43. The average molecular weight is 261 g/mol. The summed E-state index contributed by atoms with van der Waals surface area (Å²) in [7, 11) is 0. The maximum absolute atomic E-state index is 6.32. The molecule has 0 aromatic heterocycles. The first-order valence-electron chi connectivity index (χ1n) is 7.55. The summed E-state index contributed by atoms with van der Waals surface area (Å²) in [6, 6.07) is 0. The van der Waals surface area contributed by atoms with Gasteiger partial charge in [0.2, 0.25) is 0 Å². The number of hydrogen-bond donors (Lipinski definition) is 0. The maximum atomic E-state index is 6.32. The highest BCUT2D eigenvalue weighted by atomic mass is 35.5. The number of rotatable bonds is 7. The summed E-state index contributed by atoms with van der Waals surface area (Å²) in [6.07, 6.45) is 13.2. The van der Waals surface area contributed by atoms with Crippen molar-refractivity contribution >= 4 is 11.6 Å². The fourth-order valence-electron chi connectivity index (χ4n) is 2.68. The highest BCUT2D eigenvalue weighted by molar-refractivity contribution is 6.20. The van der Waals surface area contributed by atoms with Gasteiger partial charge in [-0.1, -0.05) is 46.0 Å². The predicted molar refractivity (Wildman–Crippen MR) is 75.8 cm³/mol. The van der Waals surface area contributed by atoms with Gasteiger partial charge < -0.3 is 4.74 Å². The van der Waals surface area contributed by atoms with Crippen LogP contribution in [0.5, 0.6) is 0 Å². The molecule has 0 bridgehead atoms. The molecule has 0 saturated carbocycles. The third kappa shape index (κ3) is 6.67. The first kappa shape index (κ1) is 15.3. The zero-order chi connectivity index (χ0) is 12.5. The normalized spacial score (nSPS) is 30.2. The molecule has 1 nitrogen and oxygen atoms in total. The molecule has 0 radical (unpaired) electrons. The Morgan fingerprint density at radius 2 is 1.76 bits per heavy atom. The molecule has 102 valence electrons. The second kappa shape index (κ2) is 9.22. The Morgan fingerprint density at radius 1 is 0.941 bits per heavy atom. The van der Waals surface area contributed by atoms with Crippen molar-refractivity contribution in [2.45, 2.75) is 95.6 Å². The monoisotopic (exact) mass is 260 g/mol. The number of alkyl halides is 1. The number of halogens is 1. The smallest absolute Gasteiger partial charge is 0.0592 e. The summed E-state index contributed by atoms with van der Waals surface area (Å²) >= 11 is 6.32. The van der Waals surface area contributed by atoms with Gasteiger partial charge in [0.25, 0.3) is 0 Å². The minimum Gasteiger partial charge on any atom is -0.375 e. The van der Waals surface area contributed by atoms with Crippen molar-refractivity contribution in [3.8, 4) is 0 Å². The lowest BCUT2D eigenvalue weighted by Gasteiger charge is -2.21. The summed E-state index contributed by atoms with van der Waals surface area (Å²) in [5.74, 6) is 0. The third-order valence-electron chi connectivity index (χ3n) is 3.70. The molecule has 1 unspecified atom stereocenters. The van der Waals surface area contributed by atoms with Crippen molar-refractivity contribution in [1.29, 1.82) is 0 Å². The molecule has 0 aliphatic carbocycles. The van der Waals surface area contributed by atoms with Crippen LogP contribution >= 0.6 is 11.6 Å². The lowest BCUT2D eigenvalue weighted by Crippen LogP contribution is -2.20. The Hall–Kier alpha value is 0.250. The van der Waals surface area contributed by atoms with Gasteiger partial charge >= 0.3 is 0 Å². The molecule has 3 atom stereocenters. The molecule has 1 heterocycles. The topological polar surface area (TPSA) is 9.23 Å². The van der Waals surface area contributed by atoms with Crippen molar-refractivity contribution in [3.05, 3.63) is 0 Å². The van der Waals surface area contributed by atoms with Gasteiger partial charge in [0.1, 0.15) is 0 Å². The molecule has 2 heteroatoms. The van der Waals surface area contributed by atoms with Crippen molar-refractivity contribution in [1.82, 2.24) is 0 Å². The van der Waals surface area contributed by atoms with Crippen LogP contribution < -0.4 is 0 Å². The van der Waals surface area contributed by atoms with E-state index in [1.165, 1.54) is 51.4 Å². The van der Waals surface area contributed by atoms with Crippen LogP contribution in [0, 0.1) is 0 Å². The Balaban J connectivity index is 2.27. The summed E-state index contributed by atoms with van der Waals surface area (Å²) in [5.41, 5.74) is 0. The summed E-state index contributed by atoms with van der Waals surface area (Å²) < 4.78 is 6.22. The van der Waals surface area contributed by atoms with Crippen LogP contribution in [0.1, 0.15) is 78.1 Å². The van der Waals surface area contributed by atoms with Gasteiger partial charge in [-0.3, -0.25) is 0 Å². The molecule has 1 aliphatic heterocycles. The number of hydrogen-bond acceptors (Lipinski definition) is 1. The summed E-state index contributed by atoms with van der Waals surface area (Å²) in [5, 5.41) is 0.340. The fraction of sp³-hybridized carbons (Fsp3) is 1.00. The highest BCUT2D eigenvalue weighted by Gasteiger charge is 2.24. The van der Waals surface area contributed by atoms with E-state index in [0.29, 0.717) is 17.6 Å². The van der Waals surface area contributed by atoms with E-state index in [4.69, 9.17) is 16.3 Å². The zero-order valence-corrected chi connectivity index (χ0v) is 12.3. The fourth-order valence-corrected chi connectivity index (χ4v) is 3.01. The molecule has 1 aliphatic rings. The predicted octanol–water partition coefficient (Wildman–Crippen LogP) is 5.30. The van der Waals surface area contributed by atoms with Crippen LogP contribution in [0.15, 0.2) is 0 Å². The molecule has 1 saturated heterocycles. The van der Waals surface area contributed by atoms with Crippen LogP contribution in [0.25, 0.3) is 0 Å². The van der Waals surface area contributed by atoms with Crippen LogP contribution in [-0.2, 0) is 4.74 Å². The van der Waals surface area contributed by atoms with Gasteiger partial charge in [-0.05, 0) is 32.1 Å². The first-order valence-corrected chi connectivity index (χ1v) is 7.99. The number of unbranched alkanes of at least 4 members (excludes halogenated alkanes) is 3. The van der Waals surface area contributed by atoms with Crippen molar-refractivity contribution in [2.24, 2.45) is 0 Å². The van der Waals surface area contributed by atoms with E-state index >= 15 is 0 Å². The van der Waals surface area contributed by atoms with Gasteiger partial charge in [-0.2, -0.15) is 0 Å². The van der Waals surface area contributed by atoms with Crippen LogP contribution in [0.2, 0.25) is 0 Å². The molecular weight excluding hydrogens is 232 g/mol. The highest BCUT2D eigenvalue weighted by Crippen LogP contribution is 2.27. The molecule has 0 N–H and O–H groups in total. The zero-order valence-electron chi connectivity index (χ0n) is 11.6. The summed E-state index contributed by atoms with van der Waals surface area (Å²) in [4.78, 5) is 0. The Bertz CT molecular complexity index is 184. The van der Waals surface area contributed by atoms with E-state index < -0.39 is 0 Å². The molecule has 0 aromatic rings. The molecular formula is C15H29ClO. The second-order valence-corrected chi connectivity index (χ2v) is 6.05. The standard InChI is InChI=1S/C15H29ClO/c1-3-5-6-7-9-14-11-10-13(16)12-15(17-14)8-4-2/h13-15H,3-12H2,1-2H3/t13?,14-,15+/m0/s1. The number of ether oxygens (including phenoxy) is 1. The minimum absolute atomic E-state index is 0.340. The van der Waals surface area contributed by atoms with Gasteiger partial charge in [-0.15, -0.1) is 11.6 Å². The van der Waals surface area contributed by atoms with E-state index in [9.17, 15) is 0 Å². The van der Waals surface area contributed by atoms with E-state index in [0.717, 1.165) is 12.8 Å². The molecule has 0 spiro atoms. The summed E-state index contributed by atoms with van der Waals surface area (Å²) in [6.45, 7) is 4.49. The lowest BCUT2D eigenvalue weighted by atomic mass is 10.0. The van der Waals surface area contributed by atoms with E-state index in [-0.39, 0.29) is 0 Å². The SMILES string of the molecule is CCCCCC[C@H]1CCC(Cl)C[C@@H](CCC)O1. The van der Waals surface area contributed by atoms with Crippen molar-refractivity contribution < 1.29 is 4.74 Å². The third-order valence-corrected chi connectivity index (χ3v) is 4.09. The quantitative estimate of drug-likeness (QED) is 0.446. The largest absolute Gasteiger partial charge is 0.375 e. The van der Waals surface area contributed by atoms with E-state index in [1.807, 2.05) is 0 Å². The van der Waals surface area contributed by atoms with E-state index in [1.54, 1.807) is 0 Å². The molecule has 1 rings (SSSR count). The van der Waals surface area contributed by atoms with Gasteiger partial charge in [0.15, 0.2) is 0 Å². The first-order chi connectivity index (χ1) is 8.26. The Labute approximate surface area is 112 Å². The van der Waals surface area contributed by atoms with E-state index in [2.05, 4.69) is 13.8 Å². The van der Waals surface area contributed by atoms with Gasteiger partial charge in [-0.25, -0.2) is 0 Å². The van der Waals surface area contributed by atoms with Crippen LogP contribution in [0.4, 0.5) is 0 Å². The molecule has 17 heavy (non-hydrogen) atoms. The van der Waals surface area contributed by atoms with Gasteiger partial charge in [0, 0.05) is 5.38 Å². The average Bonchev–Trinajstić information content (AvgIpc) is 2.47. The van der Waals surface area contributed by atoms with Crippen LogP contribution in [-0.4, -0.2) is 17.6 Å². The minimum atomic E-state index is 0.340. The molecule has 0 amide bonds. The van der Waals surface area contributed by atoms with Gasteiger partial charge in [0.05, 0.1) is 12.2 Å². The Morgan fingerprint density at radius 3 is 2.47 bits per heavy atom.